The zero-order chi connectivity index (χ0) is 20.3. The van der Waals surface area contributed by atoms with Crippen LogP contribution in [0.4, 0.5) is 0 Å². The van der Waals surface area contributed by atoms with E-state index in [0.29, 0.717) is 35.2 Å². The van der Waals surface area contributed by atoms with Crippen molar-refractivity contribution in [2.45, 2.75) is 24.4 Å². The quantitative estimate of drug-likeness (QED) is 0.817. The standard InChI is InChI=1S/C22H22O8/c1-2-29-22(14-4-6-17-19(8-14)28-12-26-17)21(23)10-24-20(15(21)9-30-22)13-3-5-16-18(7-13)27-11-25-16/h3-8,15,20,23H,2,9-12H2,1H3/t15?,20-,21-,22+/m1/s1. The van der Waals surface area contributed by atoms with E-state index < -0.39 is 11.4 Å². The summed E-state index contributed by atoms with van der Waals surface area (Å²) < 4.78 is 40.3. The zero-order valence-electron chi connectivity index (χ0n) is 16.5. The first-order valence-electron chi connectivity index (χ1n) is 10.1. The second-order valence-electron chi connectivity index (χ2n) is 7.80. The third-order valence-corrected chi connectivity index (χ3v) is 6.32. The van der Waals surface area contributed by atoms with E-state index >= 15 is 0 Å². The largest absolute Gasteiger partial charge is 0.454 e. The molecule has 1 N–H and O–H groups in total. The van der Waals surface area contributed by atoms with Gasteiger partial charge in [0.2, 0.25) is 19.4 Å². The Balaban J connectivity index is 1.38. The monoisotopic (exact) mass is 414 g/mol. The van der Waals surface area contributed by atoms with Crippen LogP contribution in [-0.4, -0.2) is 44.1 Å². The van der Waals surface area contributed by atoms with Gasteiger partial charge in [-0.15, -0.1) is 0 Å². The van der Waals surface area contributed by atoms with Gasteiger partial charge in [0.1, 0.15) is 0 Å². The summed E-state index contributed by atoms with van der Waals surface area (Å²) in [4.78, 5) is 0. The molecule has 2 aromatic rings. The molecule has 4 aliphatic heterocycles. The van der Waals surface area contributed by atoms with Crippen LogP contribution in [0.5, 0.6) is 23.0 Å². The highest BCUT2D eigenvalue weighted by molar-refractivity contribution is 5.48. The Morgan fingerprint density at radius 2 is 1.67 bits per heavy atom. The summed E-state index contributed by atoms with van der Waals surface area (Å²) in [6, 6.07) is 11.2. The summed E-state index contributed by atoms with van der Waals surface area (Å²) in [5, 5.41) is 11.9. The predicted octanol–water partition coefficient (Wildman–Crippen LogP) is 2.48. The number of hydrogen-bond acceptors (Lipinski definition) is 8. The lowest BCUT2D eigenvalue weighted by molar-refractivity contribution is -0.293. The molecule has 1 unspecified atom stereocenters. The van der Waals surface area contributed by atoms with E-state index in [1.807, 2.05) is 43.3 Å². The third-order valence-electron chi connectivity index (χ3n) is 6.32. The summed E-state index contributed by atoms with van der Waals surface area (Å²) in [6.45, 7) is 2.97. The molecule has 2 aromatic carbocycles. The smallest absolute Gasteiger partial charge is 0.231 e. The number of fused-ring (bicyclic) bond motifs is 3. The molecule has 0 aromatic heterocycles. The summed E-state index contributed by atoms with van der Waals surface area (Å²) in [6.07, 6.45) is -0.360. The first-order chi connectivity index (χ1) is 14.6. The van der Waals surface area contributed by atoms with Crippen molar-refractivity contribution in [1.29, 1.82) is 0 Å². The molecule has 0 radical (unpaired) electrons. The average Bonchev–Trinajstić information content (AvgIpc) is 3.51. The number of aliphatic hydroxyl groups is 1. The van der Waals surface area contributed by atoms with Crippen LogP contribution in [0.25, 0.3) is 0 Å². The van der Waals surface area contributed by atoms with Crippen molar-refractivity contribution in [1.82, 2.24) is 0 Å². The van der Waals surface area contributed by atoms with Crippen LogP contribution < -0.4 is 18.9 Å². The molecule has 4 aliphatic rings. The van der Waals surface area contributed by atoms with Gasteiger partial charge < -0.3 is 38.3 Å². The van der Waals surface area contributed by atoms with Gasteiger partial charge in [-0.2, -0.15) is 0 Å². The highest BCUT2D eigenvalue weighted by atomic mass is 16.7. The van der Waals surface area contributed by atoms with Crippen LogP contribution in [-0.2, 0) is 20.0 Å². The highest BCUT2D eigenvalue weighted by Crippen LogP contribution is 2.58. The molecule has 158 valence electrons. The van der Waals surface area contributed by atoms with Gasteiger partial charge in [-0.05, 0) is 42.8 Å². The topological polar surface area (TPSA) is 84.8 Å². The molecular weight excluding hydrogens is 392 g/mol. The Labute approximate surface area is 173 Å². The molecule has 0 bridgehead atoms. The second-order valence-corrected chi connectivity index (χ2v) is 7.80. The van der Waals surface area contributed by atoms with Gasteiger partial charge in [-0.1, -0.05) is 6.07 Å². The molecule has 0 aliphatic carbocycles. The lowest BCUT2D eigenvalue weighted by atomic mass is 9.78. The SMILES string of the molecule is CCO[C@@]1(c2ccc3c(c2)OCO3)OCC2[C@@H](c3ccc4c(c3)OCO4)OC[C@@]21O. The fourth-order valence-electron chi connectivity index (χ4n) is 4.89. The maximum absolute atomic E-state index is 11.9. The summed E-state index contributed by atoms with van der Waals surface area (Å²) in [5.74, 6) is 0.963. The predicted molar refractivity (Wildman–Crippen MR) is 102 cm³/mol. The van der Waals surface area contributed by atoms with Crippen molar-refractivity contribution < 1.29 is 38.3 Å². The Morgan fingerprint density at radius 3 is 2.43 bits per heavy atom. The summed E-state index contributed by atoms with van der Waals surface area (Å²) in [7, 11) is 0. The molecule has 4 heterocycles. The van der Waals surface area contributed by atoms with Crippen LogP contribution in [0.1, 0.15) is 24.2 Å². The van der Waals surface area contributed by atoms with Gasteiger partial charge in [0, 0.05) is 18.1 Å². The van der Waals surface area contributed by atoms with E-state index in [0.717, 1.165) is 5.56 Å². The second kappa shape index (κ2) is 6.49. The van der Waals surface area contributed by atoms with Gasteiger partial charge in [0.15, 0.2) is 28.6 Å². The molecule has 2 fully saturated rings. The zero-order valence-corrected chi connectivity index (χ0v) is 16.5. The minimum atomic E-state index is -1.38. The van der Waals surface area contributed by atoms with Gasteiger partial charge in [-0.25, -0.2) is 0 Å². The molecule has 0 amide bonds. The third kappa shape index (κ3) is 2.36. The fourth-order valence-corrected chi connectivity index (χ4v) is 4.89. The molecule has 2 saturated heterocycles. The Bertz CT molecular complexity index is 993. The van der Waals surface area contributed by atoms with Crippen LogP contribution in [0, 0.1) is 5.92 Å². The Hall–Kier alpha value is -2.52. The molecular formula is C22H22O8. The van der Waals surface area contributed by atoms with Crippen LogP contribution in [0.2, 0.25) is 0 Å². The molecule has 4 atom stereocenters. The number of benzene rings is 2. The van der Waals surface area contributed by atoms with Gasteiger partial charge >= 0.3 is 0 Å². The van der Waals surface area contributed by atoms with E-state index in [1.54, 1.807) is 0 Å². The molecule has 8 heteroatoms. The normalized spacial score (nSPS) is 33.1. The number of hydrogen-bond donors (Lipinski definition) is 1. The maximum atomic E-state index is 11.9. The van der Waals surface area contributed by atoms with Crippen molar-refractivity contribution in [2.24, 2.45) is 5.92 Å². The molecule has 8 nitrogen and oxygen atoms in total. The van der Waals surface area contributed by atoms with Crippen molar-refractivity contribution in [3.8, 4) is 23.0 Å². The number of ether oxygens (including phenoxy) is 7. The molecule has 0 saturated carbocycles. The van der Waals surface area contributed by atoms with Crippen molar-refractivity contribution in [2.75, 3.05) is 33.4 Å². The van der Waals surface area contributed by atoms with Crippen molar-refractivity contribution in [3.63, 3.8) is 0 Å². The molecule has 6 rings (SSSR count). The van der Waals surface area contributed by atoms with Gasteiger partial charge in [0.25, 0.3) is 0 Å². The van der Waals surface area contributed by atoms with E-state index in [1.165, 1.54) is 0 Å². The van der Waals surface area contributed by atoms with Crippen LogP contribution in [0.15, 0.2) is 36.4 Å². The molecule has 0 spiro atoms. The minimum Gasteiger partial charge on any atom is -0.454 e. The van der Waals surface area contributed by atoms with E-state index in [9.17, 15) is 5.11 Å². The average molecular weight is 414 g/mol. The van der Waals surface area contributed by atoms with E-state index in [4.69, 9.17) is 33.2 Å². The minimum absolute atomic E-state index is 0.0746. The first kappa shape index (κ1) is 18.3. The van der Waals surface area contributed by atoms with Crippen LogP contribution >= 0.6 is 0 Å². The summed E-state index contributed by atoms with van der Waals surface area (Å²) >= 11 is 0. The highest BCUT2D eigenvalue weighted by Gasteiger charge is 2.69. The van der Waals surface area contributed by atoms with E-state index in [2.05, 4.69) is 0 Å². The van der Waals surface area contributed by atoms with Crippen LogP contribution in [0.3, 0.4) is 0 Å². The van der Waals surface area contributed by atoms with Gasteiger partial charge in [-0.3, -0.25) is 0 Å². The maximum Gasteiger partial charge on any atom is 0.231 e. The Morgan fingerprint density at radius 1 is 0.967 bits per heavy atom. The van der Waals surface area contributed by atoms with Crippen molar-refractivity contribution >= 4 is 0 Å². The number of rotatable bonds is 4. The first-order valence-corrected chi connectivity index (χ1v) is 10.1. The van der Waals surface area contributed by atoms with Crippen molar-refractivity contribution in [3.05, 3.63) is 47.5 Å². The lowest BCUT2D eigenvalue weighted by Gasteiger charge is -2.39. The van der Waals surface area contributed by atoms with Gasteiger partial charge in [0.05, 0.1) is 19.3 Å². The summed E-state index contributed by atoms with van der Waals surface area (Å²) in [5.41, 5.74) is 0.202. The fraction of sp³-hybridized carbons (Fsp3) is 0.455. The molecule has 30 heavy (non-hydrogen) atoms. The lowest BCUT2D eigenvalue weighted by Crippen LogP contribution is -2.54. The Kier molecular flexibility index (Phi) is 3.95. The van der Waals surface area contributed by atoms with E-state index in [-0.39, 0.29) is 38.8 Å².